The maximum absolute atomic E-state index is 2.66. The van der Waals surface area contributed by atoms with E-state index in [9.17, 15) is 0 Å². The molecule has 1 aliphatic carbocycles. The second-order valence-corrected chi connectivity index (χ2v) is 19.2. The number of rotatable bonds is 10. The average Bonchev–Trinajstić information content (AvgIpc) is 4.12. The Bertz CT molecular complexity index is 3750. The summed E-state index contributed by atoms with van der Waals surface area (Å²) in [5, 5.41) is 4.84. The predicted molar refractivity (Wildman–Crippen MR) is 305 cm³/mol. The van der Waals surface area contributed by atoms with Crippen LogP contribution in [0.25, 0.3) is 100.0 Å². The van der Waals surface area contributed by atoms with Gasteiger partial charge in [-0.05, 0) is 144 Å². The predicted octanol–water partition coefficient (Wildman–Crippen LogP) is 18.5. The molecule has 2 unspecified atom stereocenters. The minimum Gasteiger partial charge on any atom is -0.337 e. The highest BCUT2D eigenvalue weighted by molar-refractivity contribution is 6.11. The van der Waals surface area contributed by atoms with Crippen molar-refractivity contribution in [3.8, 4) is 72.7 Å². The van der Waals surface area contributed by atoms with Gasteiger partial charge in [0, 0.05) is 29.0 Å². The van der Waals surface area contributed by atoms with Crippen LogP contribution in [0.15, 0.2) is 279 Å². The van der Waals surface area contributed by atoms with Gasteiger partial charge in [-0.2, -0.15) is 0 Å². The fraction of sp³-hybridized carbons (Fsp3) is 0.0571. The summed E-state index contributed by atoms with van der Waals surface area (Å²) in [5.74, 6) is 0.382. The molecule has 0 radical (unpaired) electrons. The maximum Gasteiger partial charge on any atom is 0.0535 e. The molecular weight excluding hydrogens is 869 g/mol. The molecule has 13 rings (SSSR count). The van der Waals surface area contributed by atoms with Gasteiger partial charge in [0.15, 0.2) is 0 Å². The first-order valence-corrected chi connectivity index (χ1v) is 25.3. The monoisotopic (exact) mass is 920 g/mol. The molecule has 2 aliphatic rings. The Morgan fingerprint density at radius 1 is 0.333 bits per heavy atom. The van der Waals surface area contributed by atoms with Gasteiger partial charge in [-0.3, -0.25) is 0 Å². The van der Waals surface area contributed by atoms with Crippen LogP contribution in [0.4, 0.5) is 5.69 Å². The van der Waals surface area contributed by atoms with Crippen LogP contribution < -0.4 is 4.90 Å². The fourth-order valence-corrected chi connectivity index (χ4v) is 11.3. The highest BCUT2D eigenvalue weighted by Crippen LogP contribution is 2.46. The summed E-state index contributed by atoms with van der Waals surface area (Å²) in [6.45, 7) is 0. The van der Waals surface area contributed by atoms with Crippen molar-refractivity contribution in [2.24, 2.45) is 5.92 Å². The van der Waals surface area contributed by atoms with E-state index in [1.165, 1.54) is 94.1 Å². The summed E-state index contributed by atoms with van der Waals surface area (Å²) < 4.78 is 2.46. The van der Waals surface area contributed by atoms with Crippen molar-refractivity contribution in [2.45, 2.75) is 18.9 Å². The molecule has 10 aromatic carbocycles. The molecule has 1 aromatic heterocycles. The molecule has 0 N–H and O–H groups in total. The van der Waals surface area contributed by atoms with Crippen LogP contribution in [0.3, 0.4) is 0 Å². The maximum atomic E-state index is 2.66. The summed E-state index contributed by atoms with van der Waals surface area (Å²) in [7, 11) is 0. The van der Waals surface area contributed by atoms with Gasteiger partial charge in [-0.15, -0.1) is 0 Å². The molecule has 2 nitrogen and oxygen atoms in total. The number of nitrogens with zero attached hydrogens (tertiary/aromatic N) is 2. The van der Waals surface area contributed by atoms with Gasteiger partial charge in [-0.25, -0.2) is 0 Å². The van der Waals surface area contributed by atoms with Crippen molar-refractivity contribution in [2.75, 3.05) is 4.90 Å². The number of benzene rings is 10. The highest BCUT2D eigenvalue weighted by atomic mass is 15.2. The molecule has 72 heavy (non-hydrogen) atoms. The third-order valence-corrected chi connectivity index (χ3v) is 14.9. The van der Waals surface area contributed by atoms with E-state index in [2.05, 4.69) is 289 Å². The van der Waals surface area contributed by atoms with E-state index in [0.717, 1.165) is 29.9 Å². The molecule has 1 aliphatic heterocycles. The molecule has 0 saturated heterocycles. The number of fused-ring (bicyclic) bond motifs is 2. The first-order valence-electron chi connectivity index (χ1n) is 25.3. The first-order chi connectivity index (χ1) is 35.7. The third kappa shape index (κ3) is 8.07. The van der Waals surface area contributed by atoms with E-state index in [1.807, 2.05) is 0 Å². The van der Waals surface area contributed by atoms with Crippen LogP contribution in [-0.4, -0.2) is 10.6 Å². The lowest BCUT2D eigenvalue weighted by Gasteiger charge is -2.35. The topological polar surface area (TPSA) is 8.17 Å². The van der Waals surface area contributed by atoms with Crippen molar-refractivity contribution < 1.29 is 0 Å². The number of aromatic nitrogens is 1. The van der Waals surface area contributed by atoms with Crippen LogP contribution in [0.2, 0.25) is 0 Å². The zero-order valence-electron chi connectivity index (χ0n) is 40.0. The molecule has 2 atom stereocenters. The second kappa shape index (κ2) is 18.7. The number of allylic oxidation sites excluding steroid dienone is 3. The molecule has 11 aromatic rings. The van der Waals surface area contributed by atoms with E-state index in [-0.39, 0.29) is 6.04 Å². The largest absolute Gasteiger partial charge is 0.337 e. The SMILES string of the molecule is C1=CCC(C2CC=C(c3ccccc3)N2c2cc(-c3ccc(-c4ccccc4)cc3)c3cc4cc(-n5c(-c6ccccc6)ccc5-c5ccccc5)cc(-c5ccc(-c6ccccc6)cc5)c4cc3c2)C=C1. The Morgan fingerprint density at radius 3 is 1.22 bits per heavy atom. The molecule has 2 heterocycles. The Labute approximate surface area is 422 Å². The van der Waals surface area contributed by atoms with Gasteiger partial charge < -0.3 is 9.47 Å². The molecular formula is C70H52N2. The average molecular weight is 921 g/mol. The Morgan fingerprint density at radius 2 is 0.750 bits per heavy atom. The normalized spacial score (nSPS) is 15.3. The Hall–Kier alpha value is -8.98. The lowest BCUT2D eigenvalue weighted by atomic mass is 9.88. The Kier molecular flexibility index (Phi) is 11.2. The van der Waals surface area contributed by atoms with Gasteiger partial charge in [0.25, 0.3) is 0 Å². The molecule has 0 spiro atoms. The molecule has 0 amide bonds. The summed E-state index contributed by atoms with van der Waals surface area (Å²) in [6, 6.07) is 91.9. The molecule has 0 saturated carbocycles. The molecule has 0 fully saturated rings. The lowest BCUT2D eigenvalue weighted by Crippen LogP contribution is -2.35. The summed E-state index contributed by atoms with van der Waals surface area (Å²) in [6.07, 6.45) is 13.6. The van der Waals surface area contributed by atoms with Crippen LogP contribution in [0.5, 0.6) is 0 Å². The van der Waals surface area contributed by atoms with Gasteiger partial charge in [-0.1, -0.05) is 231 Å². The van der Waals surface area contributed by atoms with Gasteiger partial charge in [0.2, 0.25) is 0 Å². The third-order valence-electron chi connectivity index (χ3n) is 14.9. The van der Waals surface area contributed by atoms with Gasteiger partial charge in [0.1, 0.15) is 0 Å². The van der Waals surface area contributed by atoms with Crippen molar-refractivity contribution in [3.63, 3.8) is 0 Å². The summed E-state index contributed by atoms with van der Waals surface area (Å²) in [5.41, 5.74) is 19.1. The zero-order valence-corrected chi connectivity index (χ0v) is 40.0. The first kappa shape index (κ1) is 43.1. The number of hydrogen-bond acceptors (Lipinski definition) is 1. The van der Waals surface area contributed by atoms with Crippen LogP contribution in [0, 0.1) is 5.92 Å². The zero-order chi connectivity index (χ0) is 47.8. The standard InChI is InChI=1S/C70H52N2/c1-7-19-49(20-8-1)51-31-35-53(36-32-51)65-47-61(71-67(55-23-11-3-12-24-55)39-40-68(71)56-25-13-4-14-26-56)43-59-46-64-60(45-63(59)65)44-62(48-66(64)54-37-33-52(34-38-54)50-21-9-2-10-22-50)72-69(57-27-15-5-16-28-57)41-42-70(72)58-29-17-6-18-30-58/h1-29,31-41,43-48,58,70H,30,42H2. The van der Waals surface area contributed by atoms with Crippen LogP contribution >= 0.6 is 0 Å². The van der Waals surface area contributed by atoms with E-state index in [4.69, 9.17) is 0 Å². The van der Waals surface area contributed by atoms with E-state index < -0.39 is 0 Å². The molecule has 342 valence electrons. The molecule has 0 bridgehead atoms. The fourth-order valence-electron chi connectivity index (χ4n) is 11.3. The van der Waals surface area contributed by atoms with Crippen molar-refractivity contribution in [3.05, 3.63) is 285 Å². The lowest BCUT2D eigenvalue weighted by molar-refractivity contribution is 0.514. The van der Waals surface area contributed by atoms with E-state index >= 15 is 0 Å². The minimum absolute atomic E-state index is 0.271. The quantitative estimate of drug-likeness (QED) is 0.124. The summed E-state index contributed by atoms with van der Waals surface area (Å²) in [4.78, 5) is 2.66. The van der Waals surface area contributed by atoms with E-state index in [1.54, 1.807) is 0 Å². The van der Waals surface area contributed by atoms with E-state index in [0.29, 0.717) is 5.92 Å². The second-order valence-electron chi connectivity index (χ2n) is 19.2. The van der Waals surface area contributed by atoms with Crippen molar-refractivity contribution in [1.82, 2.24) is 4.57 Å². The van der Waals surface area contributed by atoms with Crippen molar-refractivity contribution in [1.29, 1.82) is 0 Å². The van der Waals surface area contributed by atoms with Crippen LogP contribution in [-0.2, 0) is 0 Å². The van der Waals surface area contributed by atoms with Crippen LogP contribution in [0.1, 0.15) is 18.4 Å². The van der Waals surface area contributed by atoms with Gasteiger partial charge >= 0.3 is 0 Å². The highest BCUT2D eigenvalue weighted by Gasteiger charge is 2.34. The van der Waals surface area contributed by atoms with Crippen molar-refractivity contribution >= 4 is 32.9 Å². The number of anilines is 1. The smallest absolute Gasteiger partial charge is 0.0535 e. The van der Waals surface area contributed by atoms with Gasteiger partial charge in [0.05, 0.1) is 11.4 Å². The minimum atomic E-state index is 0.271. The number of hydrogen-bond donors (Lipinski definition) is 0. The summed E-state index contributed by atoms with van der Waals surface area (Å²) >= 11 is 0. The Balaban J connectivity index is 1.07. The molecule has 2 heteroatoms.